The third-order valence-electron chi connectivity index (χ3n) is 2.80. The third kappa shape index (κ3) is 3.76. The first kappa shape index (κ1) is 15.4. The molecule has 0 aliphatic rings. The van der Waals surface area contributed by atoms with Crippen molar-refractivity contribution in [1.82, 2.24) is 0 Å². The maximum Gasteiger partial charge on any atom is 0.419 e. The van der Waals surface area contributed by atoms with Gasteiger partial charge in [0.1, 0.15) is 12.4 Å². The second-order valence-corrected chi connectivity index (χ2v) is 4.56. The molecule has 6 heteroatoms. The Hall–Kier alpha value is -2.01. The van der Waals surface area contributed by atoms with E-state index < -0.39 is 17.0 Å². The van der Waals surface area contributed by atoms with Gasteiger partial charge in [0.05, 0.1) is 5.56 Å². The minimum atomic E-state index is -4.50. The highest BCUT2D eigenvalue weighted by atomic mass is 35.5. The molecule has 0 saturated heterocycles. The average Bonchev–Trinajstić information content (AvgIpc) is 2.44. The fourth-order valence-electron chi connectivity index (χ4n) is 1.82. The molecule has 2 nitrogen and oxygen atoms in total. The van der Waals surface area contributed by atoms with Crippen LogP contribution >= 0.6 is 11.6 Å². The second-order valence-electron chi connectivity index (χ2n) is 4.21. The van der Waals surface area contributed by atoms with Crippen molar-refractivity contribution in [2.75, 3.05) is 0 Å². The Morgan fingerprint density at radius 1 is 1.05 bits per heavy atom. The fraction of sp³-hybridized carbons (Fsp3) is 0.133. The van der Waals surface area contributed by atoms with Gasteiger partial charge in [0, 0.05) is 11.1 Å². The van der Waals surface area contributed by atoms with Crippen LogP contribution < -0.4 is 4.74 Å². The molecule has 0 aliphatic heterocycles. The zero-order valence-electron chi connectivity index (χ0n) is 10.7. The van der Waals surface area contributed by atoms with Crippen molar-refractivity contribution in [2.24, 2.45) is 0 Å². The maximum atomic E-state index is 12.8. The Balaban J connectivity index is 2.24. The standard InChI is InChI=1S/C15H10ClF3O2/c16-14(20)11-6-2-1-5-10(11)9-21-13-8-4-3-7-12(13)15(17,18)19/h1-8H,9H2. The molecule has 2 aromatic carbocycles. The molecule has 0 amide bonds. The summed E-state index contributed by atoms with van der Waals surface area (Å²) in [6.07, 6.45) is -4.50. The lowest BCUT2D eigenvalue weighted by molar-refractivity contribution is -0.139. The summed E-state index contributed by atoms with van der Waals surface area (Å²) in [5.41, 5.74) is -0.224. The van der Waals surface area contributed by atoms with Crippen molar-refractivity contribution in [3.8, 4) is 5.75 Å². The molecular weight excluding hydrogens is 305 g/mol. The molecule has 0 radical (unpaired) electrons. The number of hydrogen-bond donors (Lipinski definition) is 0. The van der Waals surface area contributed by atoms with Gasteiger partial charge in [-0.15, -0.1) is 0 Å². The lowest BCUT2D eigenvalue weighted by Gasteiger charge is -2.14. The van der Waals surface area contributed by atoms with Crippen molar-refractivity contribution >= 4 is 16.8 Å². The van der Waals surface area contributed by atoms with Crippen LogP contribution in [0.4, 0.5) is 13.2 Å². The van der Waals surface area contributed by atoms with E-state index in [4.69, 9.17) is 16.3 Å². The summed E-state index contributed by atoms with van der Waals surface area (Å²) in [5.74, 6) is -0.290. The predicted molar refractivity (Wildman–Crippen MR) is 72.4 cm³/mol. The van der Waals surface area contributed by atoms with Gasteiger partial charge in [-0.05, 0) is 29.8 Å². The Morgan fingerprint density at radius 3 is 2.33 bits per heavy atom. The summed E-state index contributed by atoms with van der Waals surface area (Å²) < 4.78 is 43.7. The van der Waals surface area contributed by atoms with E-state index in [1.807, 2.05) is 0 Å². The molecule has 0 fully saturated rings. The van der Waals surface area contributed by atoms with Gasteiger partial charge in [-0.2, -0.15) is 13.2 Å². The van der Waals surface area contributed by atoms with Gasteiger partial charge in [0.15, 0.2) is 0 Å². The molecule has 0 atom stereocenters. The summed E-state index contributed by atoms with van der Waals surface area (Å²) >= 11 is 5.42. The summed E-state index contributed by atoms with van der Waals surface area (Å²) in [4.78, 5) is 11.2. The summed E-state index contributed by atoms with van der Waals surface area (Å²) in [7, 11) is 0. The van der Waals surface area contributed by atoms with E-state index in [9.17, 15) is 18.0 Å². The summed E-state index contributed by atoms with van der Waals surface area (Å²) in [6, 6.07) is 11.2. The molecule has 0 unspecified atom stereocenters. The molecule has 0 spiro atoms. The van der Waals surface area contributed by atoms with Crippen LogP contribution in [0.3, 0.4) is 0 Å². The number of hydrogen-bond acceptors (Lipinski definition) is 2. The minimum absolute atomic E-state index is 0.179. The molecule has 2 aromatic rings. The molecule has 110 valence electrons. The Labute approximate surface area is 124 Å². The van der Waals surface area contributed by atoms with Gasteiger partial charge in [-0.25, -0.2) is 0 Å². The van der Waals surface area contributed by atoms with Gasteiger partial charge >= 0.3 is 6.18 Å². The molecule has 0 aromatic heterocycles. The topological polar surface area (TPSA) is 26.3 Å². The fourth-order valence-corrected chi connectivity index (χ4v) is 2.00. The second kappa shape index (κ2) is 6.18. The van der Waals surface area contributed by atoms with Crippen molar-refractivity contribution < 1.29 is 22.7 Å². The van der Waals surface area contributed by atoms with Crippen molar-refractivity contribution in [3.05, 3.63) is 65.2 Å². The smallest absolute Gasteiger partial charge is 0.419 e. The van der Waals surface area contributed by atoms with E-state index in [0.717, 1.165) is 6.07 Å². The largest absolute Gasteiger partial charge is 0.488 e. The van der Waals surface area contributed by atoms with Crippen molar-refractivity contribution in [1.29, 1.82) is 0 Å². The Morgan fingerprint density at radius 2 is 1.67 bits per heavy atom. The molecule has 0 heterocycles. The van der Waals surface area contributed by atoms with E-state index in [0.29, 0.717) is 5.56 Å². The number of para-hydroxylation sites is 1. The quantitative estimate of drug-likeness (QED) is 0.767. The minimum Gasteiger partial charge on any atom is -0.488 e. The van der Waals surface area contributed by atoms with Crippen LogP contribution in [0.1, 0.15) is 21.5 Å². The first-order chi connectivity index (χ1) is 9.89. The van der Waals surface area contributed by atoms with Crippen LogP contribution in [0.2, 0.25) is 0 Å². The third-order valence-corrected chi connectivity index (χ3v) is 3.01. The molecule has 0 bridgehead atoms. The summed E-state index contributed by atoms with van der Waals surface area (Å²) in [6.45, 7) is -0.179. The van der Waals surface area contributed by atoms with Gasteiger partial charge in [0.25, 0.3) is 5.24 Å². The number of carbonyl (C=O) groups is 1. The zero-order valence-corrected chi connectivity index (χ0v) is 11.4. The average molecular weight is 315 g/mol. The first-order valence-corrected chi connectivity index (χ1v) is 6.34. The number of alkyl halides is 3. The van der Waals surface area contributed by atoms with Gasteiger partial charge < -0.3 is 4.74 Å². The van der Waals surface area contributed by atoms with Crippen LogP contribution in [0.25, 0.3) is 0 Å². The first-order valence-electron chi connectivity index (χ1n) is 5.96. The number of rotatable bonds is 4. The van der Waals surface area contributed by atoms with Crippen LogP contribution in [0, 0.1) is 0 Å². The maximum absolute atomic E-state index is 12.8. The van der Waals surface area contributed by atoms with E-state index in [-0.39, 0.29) is 17.9 Å². The monoisotopic (exact) mass is 314 g/mol. The van der Waals surface area contributed by atoms with Crippen LogP contribution in [-0.4, -0.2) is 5.24 Å². The van der Waals surface area contributed by atoms with Gasteiger partial charge in [-0.3, -0.25) is 4.79 Å². The number of halogens is 4. The highest BCUT2D eigenvalue weighted by molar-refractivity contribution is 6.67. The highest BCUT2D eigenvalue weighted by Crippen LogP contribution is 2.36. The molecule has 0 N–H and O–H groups in total. The molecule has 0 aliphatic carbocycles. The van der Waals surface area contributed by atoms with Crippen molar-refractivity contribution in [3.63, 3.8) is 0 Å². The summed E-state index contributed by atoms with van der Waals surface area (Å²) in [5, 5.41) is -0.682. The lowest BCUT2D eigenvalue weighted by atomic mass is 10.1. The van der Waals surface area contributed by atoms with E-state index in [2.05, 4.69) is 0 Å². The normalized spacial score (nSPS) is 11.2. The van der Waals surface area contributed by atoms with E-state index in [1.54, 1.807) is 18.2 Å². The Kier molecular flexibility index (Phi) is 4.53. The van der Waals surface area contributed by atoms with E-state index in [1.165, 1.54) is 24.3 Å². The highest BCUT2D eigenvalue weighted by Gasteiger charge is 2.34. The van der Waals surface area contributed by atoms with Crippen LogP contribution in [0.15, 0.2) is 48.5 Å². The van der Waals surface area contributed by atoms with Gasteiger partial charge in [0.2, 0.25) is 0 Å². The van der Waals surface area contributed by atoms with Crippen molar-refractivity contribution in [2.45, 2.75) is 12.8 Å². The van der Waals surface area contributed by atoms with Crippen LogP contribution in [-0.2, 0) is 12.8 Å². The van der Waals surface area contributed by atoms with Crippen LogP contribution in [0.5, 0.6) is 5.75 Å². The number of ether oxygens (including phenoxy) is 1. The molecule has 0 saturated carbocycles. The lowest BCUT2D eigenvalue weighted by Crippen LogP contribution is -2.09. The Bertz CT molecular complexity index is 653. The number of carbonyl (C=O) groups excluding carboxylic acids is 1. The molecule has 21 heavy (non-hydrogen) atoms. The predicted octanol–water partition coefficient (Wildman–Crippen LogP) is 4.66. The zero-order chi connectivity index (χ0) is 15.5. The van der Waals surface area contributed by atoms with Gasteiger partial charge in [-0.1, -0.05) is 30.3 Å². The molecule has 2 rings (SSSR count). The van der Waals surface area contributed by atoms with E-state index >= 15 is 0 Å². The SMILES string of the molecule is O=C(Cl)c1ccccc1COc1ccccc1C(F)(F)F. The number of benzene rings is 2. The molecular formula is C15H10ClF3O2.